The van der Waals surface area contributed by atoms with E-state index < -0.39 is 23.6 Å². The number of anilines is 2. The fourth-order valence-electron chi connectivity index (χ4n) is 13.2. The van der Waals surface area contributed by atoms with Gasteiger partial charge >= 0.3 is 6.01 Å². The van der Waals surface area contributed by atoms with Gasteiger partial charge in [-0.25, -0.2) is 8.78 Å². The Labute approximate surface area is 448 Å². The summed E-state index contributed by atoms with van der Waals surface area (Å²) in [4.78, 5) is 61.7. The van der Waals surface area contributed by atoms with E-state index in [1.165, 1.54) is 29.8 Å². The molecule has 0 spiro atoms. The number of phenols is 1. The average Bonchev–Trinajstić information content (AvgIpc) is 4.30. The van der Waals surface area contributed by atoms with Crippen LogP contribution in [0.25, 0.3) is 43.7 Å². The summed E-state index contributed by atoms with van der Waals surface area (Å²) in [7, 11) is 0. The second-order valence-electron chi connectivity index (χ2n) is 21.8. The van der Waals surface area contributed by atoms with Crippen molar-refractivity contribution in [1.29, 1.82) is 0 Å². The first-order valence-corrected chi connectivity index (χ1v) is 28.1. The molecule has 1 aliphatic carbocycles. The summed E-state index contributed by atoms with van der Waals surface area (Å²) in [6, 6.07) is 15.7. The number of likely N-dealkylation sites (tertiary alicyclic amines) is 2. The number of phenolic OH excluding ortho intramolecular Hbond substituents is 1. The van der Waals surface area contributed by atoms with E-state index in [0.29, 0.717) is 72.2 Å². The number of carbonyl (C=O) groups excluding carboxylic acids is 3. The van der Waals surface area contributed by atoms with Crippen molar-refractivity contribution < 1.29 is 33.0 Å². The van der Waals surface area contributed by atoms with Gasteiger partial charge in [-0.2, -0.15) is 9.97 Å². The predicted molar refractivity (Wildman–Crippen MR) is 296 cm³/mol. The van der Waals surface area contributed by atoms with Gasteiger partial charge < -0.3 is 29.9 Å². The molecular weight excluding hydrogens is 977 g/mol. The third kappa shape index (κ3) is 9.84. The van der Waals surface area contributed by atoms with Crippen molar-refractivity contribution in [2.24, 2.45) is 11.3 Å². The highest BCUT2D eigenvalue weighted by Gasteiger charge is 2.46. The minimum Gasteiger partial charge on any atom is -0.508 e. The molecule has 6 aliphatic heterocycles. The van der Waals surface area contributed by atoms with Crippen LogP contribution in [-0.2, 0) is 9.59 Å². The van der Waals surface area contributed by atoms with Gasteiger partial charge in [-0.05, 0) is 142 Å². The molecule has 7 aliphatic rings. The molecule has 8 heterocycles. The van der Waals surface area contributed by atoms with Crippen molar-refractivity contribution in [3.63, 3.8) is 0 Å². The summed E-state index contributed by atoms with van der Waals surface area (Å²) in [5.41, 5.74) is 2.68. The number of amides is 3. The first-order chi connectivity index (χ1) is 37.5. The van der Waals surface area contributed by atoms with E-state index in [2.05, 4.69) is 48.4 Å². The number of piperidine rings is 3. The number of pyridine rings is 1. The molecule has 4 aromatic carbocycles. The highest BCUT2D eigenvalue weighted by atomic mass is 19.1. The Bertz CT molecular complexity index is 3310. The summed E-state index contributed by atoms with van der Waals surface area (Å²) in [6.45, 7) is 15.9. The normalized spacial score (nSPS) is 22.4. The highest BCUT2D eigenvalue weighted by molar-refractivity contribution is 6.27. The summed E-state index contributed by atoms with van der Waals surface area (Å²) >= 11 is 0. The molecule has 3 amide bonds. The monoisotopic (exact) mass is 1050 g/mol. The number of nitrogens with zero attached hydrogens (tertiary/aromatic N) is 7. The highest BCUT2D eigenvalue weighted by Crippen LogP contribution is 2.48. The molecule has 3 unspecified atom stereocenters. The van der Waals surface area contributed by atoms with Gasteiger partial charge in [-0.3, -0.25) is 29.6 Å². The van der Waals surface area contributed by atoms with Gasteiger partial charge in [0.2, 0.25) is 11.8 Å². The lowest BCUT2D eigenvalue weighted by molar-refractivity contribution is -0.134. The minimum atomic E-state index is -0.728. The van der Waals surface area contributed by atoms with Crippen LogP contribution in [0, 0.1) is 35.3 Å². The Morgan fingerprint density at radius 1 is 0.831 bits per heavy atom. The number of hydrogen-bond acceptors (Lipinski definition) is 12. The zero-order chi connectivity index (χ0) is 53.7. The quantitative estimate of drug-likeness (QED) is 0.0836. The van der Waals surface area contributed by atoms with E-state index in [1.807, 2.05) is 45.9 Å². The number of rotatable bonds is 11. The van der Waals surface area contributed by atoms with Crippen molar-refractivity contribution in [1.82, 2.24) is 35.4 Å². The fraction of sp³-hybridized carbons (Fsp3) is 0.475. The SMILES string of the molecule is C#Cc1c(F)ccc2cc(O)cc(-c3ncc4c(N5CC6CCC(C5)N6)nc(OCC5(CN6CCC(CN7CCC(c8ccc9c%10c(cccc8%10)C(=O)N9C8CCC(=O)NC8=O)CC7)CC6)CC5)nc4c3F)c12.CC.CC. The first-order valence-electron chi connectivity index (χ1n) is 28.1. The molecule has 3 N–H and O–H groups in total. The number of halogens is 2. The van der Waals surface area contributed by atoms with Crippen LogP contribution in [0.4, 0.5) is 20.3 Å². The molecule has 13 rings (SSSR count). The van der Waals surface area contributed by atoms with Crippen LogP contribution < -0.4 is 25.2 Å². The average molecular weight is 1050 g/mol. The van der Waals surface area contributed by atoms with Crippen LogP contribution in [0.15, 0.2) is 60.8 Å². The molecule has 5 saturated heterocycles. The summed E-state index contributed by atoms with van der Waals surface area (Å²) < 4.78 is 38.8. The van der Waals surface area contributed by atoms with E-state index >= 15 is 8.78 Å². The molecule has 402 valence electrons. The standard InChI is InChI=1S/C57H57F2N9O5.2C2H6/c1-2-38-44(58)10-6-34-24-37(69)25-42(48(34)38)51-50(59)52-43(26-60-51)53(67-28-35-7-8-36(29-67)61-35)64-56(63-52)73-31-57(18-19-57)30-66-20-14-32(15-21-66)27-65-22-16-33(17-23-65)39-9-11-45-49-40(39)4-3-5-41(49)55(72)68(45)46-12-13-47(70)62-54(46)71;2*1-2/h1,3-6,9-11,24-26,32-33,35-36,46,61,69H,7-8,12-23,27-31H2,(H,62,70,71);2*1-2H3. The van der Waals surface area contributed by atoms with E-state index in [9.17, 15) is 19.5 Å². The third-order valence-electron chi connectivity index (χ3n) is 17.2. The molecule has 77 heavy (non-hydrogen) atoms. The summed E-state index contributed by atoms with van der Waals surface area (Å²) in [6.07, 6.45) is 16.4. The number of nitrogens with one attached hydrogen (secondary N) is 2. The Kier molecular flexibility index (Phi) is 14.6. The first kappa shape index (κ1) is 52.3. The zero-order valence-electron chi connectivity index (χ0n) is 44.6. The smallest absolute Gasteiger partial charge is 0.319 e. The predicted octanol–water partition coefficient (Wildman–Crippen LogP) is 9.47. The Hall–Kier alpha value is -6.80. The van der Waals surface area contributed by atoms with Crippen LogP contribution in [0.1, 0.15) is 119 Å². The number of aromatic hydroxyl groups is 1. The molecule has 2 aromatic heterocycles. The number of benzene rings is 4. The maximum atomic E-state index is 17.2. The molecular formula is C61H69F2N9O5. The van der Waals surface area contributed by atoms with Gasteiger partial charge in [0.25, 0.3) is 5.91 Å². The molecule has 3 atom stereocenters. The van der Waals surface area contributed by atoms with Crippen LogP contribution >= 0.6 is 0 Å². The maximum absolute atomic E-state index is 17.2. The molecule has 14 nitrogen and oxygen atoms in total. The number of fused-ring (bicyclic) bond motifs is 4. The van der Waals surface area contributed by atoms with E-state index in [-0.39, 0.29) is 63.1 Å². The van der Waals surface area contributed by atoms with Crippen molar-refractivity contribution in [3.05, 3.63) is 89.1 Å². The van der Waals surface area contributed by atoms with Gasteiger partial charge in [-0.1, -0.05) is 57.9 Å². The molecule has 6 fully saturated rings. The molecule has 0 radical (unpaired) electrons. The van der Waals surface area contributed by atoms with Crippen molar-refractivity contribution in [2.45, 2.75) is 116 Å². The van der Waals surface area contributed by atoms with Crippen molar-refractivity contribution >= 4 is 61.7 Å². The van der Waals surface area contributed by atoms with E-state index in [1.54, 1.807) is 11.1 Å². The van der Waals surface area contributed by atoms with Crippen LogP contribution in [-0.4, -0.2) is 125 Å². The number of ether oxygens (including phenoxy) is 1. The number of imide groups is 1. The lowest BCUT2D eigenvalue weighted by atomic mass is 9.85. The van der Waals surface area contributed by atoms with Crippen molar-refractivity contribution in [2.75, 3.05) is 68.8 Å². The van der Waals surface area contributed by atoms with Gasteiger partial charge in [0, 0.05) is 78.2 Å². The minimum absolute atomic E-state index is 0.0376. The molecule has 6 aromatic rings. The lowest BCUT2D eigenvalue weighted by Gasteiger charge is -2.39. The Balaban J connectivity index is 0.00000154. The number of piperazine rings is 1. The topological polar surface area (TPSA) is 156 Å². The Morgan fingerprint density at radius 2 is 1.57 bits per heavy atom. The lowest BCUT2D eigenvalue weighted by Crippen LogP contribution is -2.53. The third-order valence-corrected chi connectivity index (χ3v) is 17.2. The van der Waals surface area contributed by atoms with E-state index in [0.717, 1.165) is 107 Å². The second kappa shape index (κ2) is 21.6. The number of hydrogen-bond donors (Lipinski definition) is 3. The van der Waals surface area contributed by atoms with Crippen LogP contribution in [0.3, 0.4) is 0 Å². The number of terminal acetylenes is 1. The fourth-order valence-corrected chi connectivity index (χ4v) is 13.2. The van der Waals surface area contributed by atoms with Crippen LogP contribution in [0.5, 0.6) is 11.8 Å². The largest absolute Gasteiger partial charge is 0.508 e. The van der Waals surface area contributed by atoms with E-state index in [4.69, 9.17) is 21.1 Å². The van der Waals surface area contributed by atoms with Gasteiger partial charge in [0.05, 0.1) is 23.2 Å². The second-order valence-corrected chi connectivity index (χ2v) is 21.8. The van der Waals surface area contributed by atoms with Gasteiger partial charge in [0.15, 0.2) is 5.82 Å². The molecule has 2 bridgehead atoms. The molecule has 16 heteroatoms. The summed E-state index contributed by atoms with van der Waals surface area (Å²) in [5, 5.41) is 20.0. The molecule has 1 saturated carbocycles. The maximum Gasteiger partial charge on any atom is 0.319 e. The number of carbonyl (C=O) groups is 3. The summed E-state index contributed by atoms with van der Waals surface area (Å²) in [5.74, 6) is 1.61. The van der Waals surface area contributed by atoms with Crippen molar-refractivity contribution in [3.8, 4) is 35.4 Å². The van der Waals surface area contributed by atoms with Crippen LogP contribution in [0.2, 0.25) is 0 Å². The zero-order valence-corrected chi connectivity index (χ0v) is 44.6. The van der Waals surface area contributed by atoms with Gasteiger partial charge in [-0.15, -0.1) is 6.42 Å². The number of aromatic nitrogens is 3. The Morgan fingerprint density at radius 3 is 2.29 bits per heavy atom. The van der Waals surface area contributed by atoms with Gasteiger partial charge in [0.1, 0.15) is 34.6 Å².